The van der Waals surface area contributed by atoms with E-state index >= 15 is 0 Å². The molecule has 0 aliphatic rings. The van der Waals surface area contributed by atoms with Gasteiger partial charge in [0.1, 0.15) is 5.69 Å². The molecule has 0 aliphatic heterocycles. The molecule has 1 aromatic carbocycles. The molecule has 1 amide bonds. The van der Waals surface area contributed by atoms with Crippen molar-refractivity contribution < 1.29 is 13.2 Å². The highest BCUT2D eigenvalue weighted by Gasteiger charge is 2.16. The summed E-state index contributed by atoms with van der Waals surface area (Å²) in [6.07, 6.45) is 4.32. The Labute approximate surface area is 146 Å². The number of nitrogens with one attached hydrogen (secondary N) is 1. The van der Waals surface area contributed by atoms with E-state index in [0.717, 1.165) is 15.1 Å². The zero-order valence-electron chi connectivity index (χ0n) is 13.6. The van der Waals surface area contributed by atoms with Gasteiger partial charge in [-0.25, -0.2) is 8.42 Å². The number of carbonyl (C=O) groups is 1. The lowest BCUT2D eigenvalue weighted by Crippen LogP contribution is -2.15. The molecular weight excluding hydrogens is 338 g/mol. The number of aromatic nitrogens is 2. The van der Waals surface area contributed by atoms with E-state index in [1.807, 2.05) is 25.1 Å². The Hall–Kier alpha value is -2.93. The van der Waals surface area contributed by atoms with Crippen molar-refractivity contribution in [3.05, 3.63) is 83.9 Å². The van der Waals surface area contributed by atoms with E-state index in [-0.39, 0.29) is 11.4 Å². The number of hydrogen-bond donors (Lipinski definition) is 1. The van der Waals surface area contributed by atoms with Crippen molar-refractivity contribution >= 4 is 21.6 Å². The van der Waals surface area contributed by atoms with Crippen molar-refractivity contribution in [3.8, 4) is 0 Å². The molecule has 0 saturated heterocycles. The van der Waals surface area contributed by atoms with Crippen LogP contribution in [0.15, 0.2) is 67.1 Å². The third-order valence-corrected chi connectivity index (χ3v) is 5.29. The standard InChI is InChI=1S/C18H17N3O3S/c1-14-6-2-3-7-15(14)13-25(23,24)21-11-9-16(12-21)20-18(22)17-8-4-5-10-19-17/h2-12H,13H2,1H3,(H,20,22). The zero-order chi connectivity index (χ0) is 17.9. The van der Waals surface area contributed by atoms with E-state index in [0.29, 0.717) is 5.69 Å². The smallest absolute Gasteiger partial charge is 0.274 e. The number of amides is 1. The first-order valence-electron chi connectivity index (χ1n) is 7.64. The largest absolute Gasteiger partial charge is 0.319 e. The second kappa shape index (κ2) is 6.90. The Morgan fingerprint density at radius 3 is 2.60 bits per heavy atom. The van der Waals surface area contributed by atoms with Gasteiger partial charge >= 0.3 is 0 Å². The molecule has 1 N–H and O–H groups in total. The summed E-state index contributed by atoms with van der Waals surface area (Å²) in [6, 6.07) is 13.9. The normalized spacial score (nSPS) is 11.2. The van der Waals surface area contributed by atoms with E-state index in [1.54, 1.807) is 24.3 Å². The van der Waals surface area contributed by atoms with Crippen LogP contribution in [0.5, 0.6) is 0 Å². The number of anilines is 1. The van der Waals surface area contributed by atoms with Crippen LogP contribution in [0.4, 0.5) is 5.69 Å². The summed E-state index contributed by atoms with van der Waals surface area (Å²) in [5, 5.41) is 2.64. The lowest BCUT2D eigenvalue weighted by atomic mass is 10.1. The summed E-state index contributed by atoms with van der Waals surface area (Å²) in [7, 11) is -3.57. The van der Waals surface area contributed by atoms with Crippen LogP contribution >= 0.6 is 0 Å². The van der Waals surface area contributed by atoms with Crippen LogP contribution in [0, 0.1) is 6.92 Å². The van der Waals surface area contributed by atoms with Gasteiger partial charge in [0.2, 0.25) is 10.0 Å². The van der Waals surface area contributed by atoms with Gasteiger partial charge in [-0.15, -0.1) is 0 Å². The lowest BCUT2D eigenvalue weighted by Gasteiger charge is -2.08. The fraction of sp³-hybridized carbons (Fsp3) is 0.111. The molecule has 0 bridgehead atoms. The quantitative estimate of drug-likeness (QED) is 0.763. The Kier molecular flexibility index (Phi) is 4.67. The average Bonchev–Trinajstić information content (AvgIpc) is 3.07. The number of benzene rings is 1. The van der Waals surface area contributed by atoms with Gasteiger partial charge in [-0.3, -0.25) is 13.8 Å². The number of aryl methyl sites for hydroxylation is 1. The van der Waals surface area contributed by atoms with Crippen molar-refractivity contribution in [2.75, 3.05) is 5.32 Å². The SMILES string of the molecule is Cc1ccccc1CS(=O)(=O)n1ccc(NC(=O)c2ccccn2)c1. The maximum atomic E-state index is 12.6. The maximum Gasteiger partial charge on any atom is 0.274 e. The molecule has 0 saturated carbocycles. The number of carbonyl (C=O) groups excluding carboxylic acids is 1. The van der Waals surface area contributed by atoms with Crippen LogP contribution in [0.1, 0.15) is 21.6 Å². The summed E-state index contributed by atoms with van der Waals surface area (Å²) < 4.78 is 26.2. The summed E-state index contributed by atoms with van der Waals surface area (Å²) in [4.78, 5) is 16.0. The third-order valence-electron chi connectivity index (χ3n) is 3.74. The number of hydrogen-bond acceptors (Lipinski definition) is 4. The zero-order valence-corrected chi connectivity index (χ0v) is 14.4. The van der Waals surface area contributed by atoms with E-state index in [2.05, 4.69) is 10.3 Å². The summed E-state index contributed by atoms with van der Waals surface area (Å²) in [5.41, 5.74) is 2.32. The number of rotatable bonds is 5. The molecule has 0 spiro atoms. The van der Waals surface area contributed by atoms with Gasteiger partial charge in [0.05, 0.1) is 11.4 Å². The molecule has 0 unspecified atom stereocenters. The van der Waals surface area contributed by atoms with Crippen LogP contribution in [0.3, 0.4) is 0 Å². The van der Waals surface area contributed by atoms with E-state index in [9.17, 15) is 13.2 Å². The Morgan fingerprint density at radius 1 is 1.12 bits per heavy atom. The molecule has 0 atom stereocenters. The Bertz CT molecular complexity index is 995. The van der Waals surface area contributed by atoms with E-state index in [1.165, 1.54) is 24.7 Å². The molecule has 2 heterocycles. The highest BCUT2D eigenvalue weighted by Crippen LogP contribution is 2.17. The summed E-state index contributed by atoms with van der Waals surface area (Å²) in [5.74, 6) is -0.503. The molecule has 3 aromatic rings. The first-order valence-corrected chi connectivity index (χ1v) is 9.25. The minimum atomic E-state index is -3.57. The van der Waals surface area contributed by atoms with Gasteiger partial charge in [-0.2, -0.15) is 0 Å². The van der Waals surface area contributed by atoms with Gasteiger partial charge < -0.3 is 5.32 Å². The molecule has 6 nitrogen and oxygen atoms in total. The molecule has 0 fully saturated rings. The molecule has 25 heavy (non-hydrogen) atoms. The van der Waals surface area contributed by atoms with E-state index in [4.69, 9.17) is 0 Å². The van der Waals surface area contributed by atoms with E-state index < -0.39 is 15.9 Å². The van der Waals surface area contributed by atoms with Gasteiger partial charge in [0.15, 0.2) is 0 Å². The first-order chi connectivity index (χ1) is 12.0. The fourth-order valence-corrected chi connectivity index (χ4v) is 3.75. The second-order valence-corrected chi connectivity index (χ2v) is 7.46. The van der Waals surface area contributed by atoms with Crippen LogP contribution in [0.2, 0.25) is 0 Å². The van der Waals surface area contributed by atoms with Crippen molar-refractivity contribution in [2.45, 2.75) is 12.7 Å². The van der Waals surface area contributed by atoms with Crippen molar-refractivity contribution in [1.82, 2.24) is 8.96 Å². The minimum absolute atomic E-state index is 0.109. The molecule has 0 radical (unpaired) electrons. The Balaban J connectivity index is 1.76. The Morgan fingerprint density at radius 2 is 1.88 bits per heavy atom. The topological polar surface area (TPSA) is 81.1 Å². The van der Waals surface area contributed by atoms with Gasteiger partial charge in [0.25, 0.3) is 5.91 Å². The maximum absolute atomic E-state index is 12.6. The highest BCUT2D eigenvalue weighted by atomic mass is 32.2. The van der Waals surface area contributed by atoms with Crippen molar-refractivity contribution in [1.29, 1.82) is 0 Å². The molecule has 3 rings (SSSR count). The van der Waals surface area contributed by atoms with Crippen molar-refractivity contribution in [2.24, 2.45) is 0 Å². The average molecular weight is 355 g/mol. The highest BCUT2D eigenvalue weighted by molar-refractivity contribution is 7.89. The predicted octanol–water partition coefficient (Wildman–Crippen LogP) is 2.82. The molecule has 128 valence electrons. The summed E-state index contributed by atoms with van der Waals surface area (Å²) in [6.45, 7) is 1.87. The number of pyridine rings is 1. The van der Waals surface area contributed by atoms with Crippen LogP contribution in [-0.4, -0.2) is 23.3 Å². The van der Waals surface area contributed by atoms with Gasteiger partial charge in [-0.05, 0) is 36.2 Å². The van der Waals surface area contributed by atoms with Gasteiger partial charge in [0, 0.05) is 18.6 Å². The number of nitrogens with zero attached hydrogens (tertiary/aromatic N) is 2. The van der Waals surface area contributed by atoms with Crippen LogP contribution in [-0.2, 0) is 15.8 Å². The summed E-state index contributed by atoms with van der Waals surface area (Å²) >= 11 is 0. The van der Waals surface area contributed by atoms with Gasteiger partial charge in [-0.1, -0.05) is 30.3 Å². The molecule has 2 aromatic heterocycles. The molecule has 0 aliphatic carbocycles. The lowest BCUT2D eigenvalue weighted by molar-refractivity contribution is 0.102. The predicted molar refractivity (Wildman–Crippen MR) is 95.8 cm³/mol. The monoisotopic (exact) mass is 355 g/mol. The van der Waals surface area contributed by atoms with Crippen LogP contribution < -0.4 is 5.32 Å². The second-order valence-electron chi connectivity index (χ2n) is 5.58. The third kappa shape index (κ3) is 3.95. The van der Waals surface area contributed by atoms with Crippen LogP contribution in [0.25, 0.3) is 0 Å². The fourth-order valence-electron chi connectivity index (χ4n) is 2.36. The molecular formula is C18H17N3O3S. The minimum Gasteiger partial charge on any atom is -0.319 e. The van der Waals surface area contributed by atoms with Crippen molar-refractivity contribution in [3.63, 3.8) is 0 Å². The first kappa shape index (κ1) is 16.9. The molecule has 7 heteroatoms.